The molecule has 4 aromatic rings. The summed E-state index contributed by atoms with van der Waals surface area (Å²) in [4.78, 5) is 12.0. The lowest BCUT2D eigenvalue weighted by atomic mass is 10.1. The zero-order chi connectivity index (χ0) is 19.7. The Morgan fingerprint density at radius 3 is 2.68 bits per heavy atom. The average molecular weight is 391 g/mol. The highest BCUT2D eigenvalue weighted by molar-refractivity contribution is 7.98. The summed E-state index contributed by atoms with van der Waals surface area (Å²) in [6, 6.07) is 15.7. The van der Waals surface area contributed by atoms with Gasteiger partial charge in [-0.2, -0.15) is 0 Å². The Bertz CT molecular complexity index is 1210. The van der Waals surface area contributed by atoms with Crippen LogP contribution in [0.15, 0.2) is 62.9 Å². The molecule has 0 bridgehead atoms. The average Bonchev–Trinajstić information content (AvgIpc) is 3.08. The summed E-state index contributed by atoms with van der Waals surface area (Å²) in [6.45, 7) is 6.92. The van der Waals surface area contributed by atoms with E-state index in [1.54, 1.807) is 17.8 Å². The molecule has 0 aliphatic rings. The molecule has 0 saturated heterocycles. The van der Waals surface area contributed by atoms with Crippen molar-refractivity contribution in [3.05, 3.63) is 75.6 Å². The summed E-state index contributed by atoms with van der Waals surface area (Å²) >= 11 is 1.58. The highest BCUT2D eigenvalue weighted by Gasteiger charge is 2.15. The maximum Gasteiger partial charge on any atom is 0.336 e. The highest BCUT2D eigenvalue weighted by Crippen LogP contribution is 2.29. The fraction of sp³-hybridized carbons (Fsp3) is 0.227. The van der Waals surface area contributed by atoms with Gasteiger partial charge in [-0.05, 0) is 43.5 Å². The largest absolute Gasteiger partial charge is 0.423 e. The predicted molar refractivity (Wildman–Crippen MR) is 113 cm³/mol. The smallest absolute Gasteiger partial charge is 0.336 e. The minimum absolute atomic E-state index is 0.328. The normalized spacial score (nSPS) is 11.2. The molecule has 0 unspecified atom stereocenters. The Labute approximate surface area is 167 Å². The van der Waals surface area contributed by atoms with Crippen molar-refractivity contribution in [1.82, 2.24) is 14.8 Å². The Kier molecular flexibility index (Phi) is 5.05. The van der Waals surface area contributed by atoms with Crippen molar-refractivity contribution in [2.75, 3.05) is 0 Å². The molecule has 0 amide bonds. The van der Waals surface area contributed by atoms with Gasteiger partial charge < -0.3 is 8.98 Å². The van der Waals surface area contributed by atoms with Crippen LogP contribution in [0.3, 0.4) is 0 Å². The first-order valence-electron chi connectivity index (χ1n) is 9.22. The molecule has 0 fully saturated rings. The Hall–Kier alpha value is -2.86. The molecule has 2 aromatic carbocycles. The number of fused-ring (bicyclic) bond motifs is 1. The molecule has 0 atom stereocenters. The second-order valence-electron chi connectivity index (χ2n) is 6.74. The summed E-state index contributed by atoms with van der Waals surface area (Å²) < 4.78 is 7.47. The number of aryl methyl sites for hydroxylation is 2. The van der Waals surface area contributed by atoms with Crippen LogP contribution in [0.2, 0.25) is 0 Å². The molecule has 0 aliphatic carbocycles. The first kappa shape index (κ1) is 18.5. The summed E-state index contributed by atoms with van der Waals surface area (Å²) in [7, 11) is 0. The van der Waals surface area contributed by atoms with Gasteiger partial charge in [-0.15, -0.1) is 10.2 Å². The van der Waals surface area contributed by atoms with E-state index in [2.05, 4.69) is 40.7 Å². The summed E-state index contributed by atoms with van der Waals surface area (Å²) in [5.41, 5.74) is 4.56. The van der Waals surface area contributed by atoms with E-state index in [1.807, 2.05) is 37.3 Å². The van der Waals surface area contributed by atoms with Crippen LogP contribution in [0.1, 0.15) is 23.6 Å². The van der Waals surface area contributed by atoms with Crippen molar-refractivity contribution in [1.29, 1.82) is 0 Å². The minimum atomic E-state index is -0.328. The van der Waals surface area contributed by atoms with E-state index in [0.717, 1.165) is 39.6 Å². The minimum Gasteiger partial charge on any atom is -0.423 e. The molecular weight excluding hydrogens is 370 g/mol. The van der Waals surface area contributed by atoms with Crippen LogP contribution in [0.25, 0.3) is 22.4 Å². The molecule has 5 nitrogen and oxygen atoms in total. The number of benzene rings is 2. The number of aromatic nitrogens is 3. The van der Waals surface area contributed by atoms with E-state index in [1.165, 1.54) is 5.56 Å². The molecule has 6 heteroatoms. The lowest BCUT2D eigenvalue weighted by Gasteiger charge is -2.10. The second kappa shape index (κ2) is 7.64. The molecule has 0 aliphatic heterocycles. The molecule has 0 spiro atoms. The van der Waals surface area contributed by atoms with Crippen molar-refractivity contribution in [3.63, 3.8) is 0 Å². The van der Waals surface area contributed by atoms with E-state index < -0.39 is 0 Å². The van der Waals surface area contributed by atoms with E-state index >= 15 is 0 Å². The topological polar surface area (TPSA) is 60.9 Å². The third-order valence-corrected chi connectivity index (χ3v) is 5.78. The molecule has 28 heavy (non-hydrogen) atoms. The van der Waals surface area contributed by atoms with Crippen molar-refractivity contribution in [2.24, 2.45) is 0 Å². The maximum atomic E-state index is 12.0. The van der Waals surface area contributed by atoms with E-state index in [0.29, 0.717) is 11.3 Å². The Morgan fingerprint density at radius 2 is 1.89 bits per heavy atom. The van der Waals surface area contributed by atoms with Crippen LogP contribution in [0.5, 0.6) is 0 Å². The number of hydrogen-bond donors (Lipinski definition) is 0. The van der Waals surface area contributed by atoms with Gasteiger partial charge in [0.05, 0.1) is 0 Å². The molecule has 0 N–H and O–H groups in total. The van der Waals surface area contributed by atoms with Gasteiger partial charge in [0.1, 0.15) is 5.58 Å². The van der Waals surface area contributed by atoms with Crippen LogP contribution in [0, 0.1) is 13.8 Å². The summed E-state index contributed by atoms with van der Waals surface area (Å²) in [5, 5.41) is 10.6. The highest BCUT2D eigenvalue weighted by atomic mass is 32.2. The molecule has 2 aromatic heterocycles. The van der Waals surface area contributed by atoms with Crippen molar-refractivity contribution >= 4 is 22.7 Å². The fourth-order valence-electron chi connectivity index (χ4n) is 3.30. The van der Waals surface area contributed by atoms with Crippen molar-refractivity contribution in [3.8, 4) is 11.4 Å². The number of nitrogens with zero attached hydrogens (tertiary/aromatic N) is 3. The molecule has 2 heterocycles. The third-order valence-electron chi connectivity index (χ3n) is 4.76. The quantitative estimate of drug-likeness (QED) is 0.355. The molecule has 0 radical (unpaired) electrons. The monoisotopic (exact) mass is 391 g/mol. The lowest BCUT2D eigenvalue weighted by molar-refractivity contribution is 0.559. The van der Waals surface area contributed by atoms with Crippen molar-refractivity contribution < 1.29 is 4.42 Å². The van der Waals surface area contributed by atoms with Crippen LogP contribution in [0.4, 0.5) is 0 Å². The maximum absolute atomic E-state index is 12.0. The van der Waals surface area contributed by atoms with E-state index in [-0.39, 0.29) is 5.63 Å². The standard InChI is InChI=1S/C22H21N3O2S/c1-4-25-21(17-8-6-5-7-15(17)3)23-24-22(25)28-13-16-12-20(26)27-19-11-14(2)9-10-18(16)19/h5-12H,4,13H2,1-3H3. The first-order valence-corrected chi connectivity index (χ1v) is 10.2. The van der Waals surface area contributed by atoms with Crippen LogP contribution < -0.4 is 5.63 Å². The second-order valence-corrected chi connectivity index (χ2v) is 7.69. The Morgan fingerprint density at radius 1 is 1.07 bits per heavy atom. The fourth-order valence-corrected chi connectivity index (χ4v) is 4.30. The van der Waals surface area contributed by atoms with Gasteiger partial charge >= 0.3 is 5.63 Å². The lowest BCUT2D eigenvalue weighted by Crippen LogP contribution is -2.02. The first-order chi connectivity index (χ1) is 13.6. The van der Waals surface area contributed by atoms with Gasteiger partial charge in [0.15, 0.2) is 11.0 Å². The number of hydrogen-bond acceptors (Lipinski definition) is 5. The summed E-state index contributed by atoms with van der Waals surface area (Å²) in [5.74, 6) is 1.49. The number of rotatable bonds is 5. The van der Waals surface area contributed by atoms with Crippen LogP contribution >= 0.6 is 11.8 Å². The zero-order valence-corrected chi connectivity index (χ0v) is 16.9. The molecular formula is C22H21N3O2S. The van der Waals surface area contributed by atoms with Crippen LogP contribution in [-0.4, -0.2) is 14.8 Å². The predicted octanol–water partition coefficient (Wildman–Crippen LogP) is 4.98. The van der Waals surface area contributed by atoms with Crippen LogP contribution in [-0.2, 0) is 12.3 Å². The number of thioether (sulfide) groups is 1. The molecule has 142 valence electrons. The van der Waals surface area contributed by atoms with Gasteiger partial charge in [0, 0.05) is 29.3 Å². The van der Waals surface area contributed by atoms with Gasteiger partial charge in [0.2, 0.25) is 0 Å². The summed E-state index contributed by atoms with van der Waals surface area (Å²) in [6.07, 6.45) is 0. The SMILES string of the molecule is CCn1c(SCc2cc(=O)oc3cc(C)ccc23)nnc1-c1ccccc1C. The van der Waals surface area contributed by atoms with E-state index in [9.17, 15) is 4.79 Å². The van der Waals surface area contributed by atoms with Gasteiger partial charge in [-0.3, -0.25) is 0 Å². The van der Waals surface area contributed by atoms with Gasteiger partial charge in [-0.1, -0.05) is 48.2 Å². The van der Waals surface area contributed by atoms with Gasteiger partial charge in [0.25, 0.3) is 0 Å². The van der Waals surface area contributed by atoms with Gasteiger partial charge in [-0.25, -0.2) is 4.79 Å². The molecule has 0 saturated carbocycles. The Balaban J connectivity index is 1.67. The zero-order valence-electron chi connectivity index (χ0n) is 16.1. The third kappa shape index (κ3) is 3.47. The molecule has 4 rings (SSSR count). The van der Waals surface area contributed by atoms with E-state index in [4.69, 9.17) is 4.42 Å². The van der Waals surface area contributed by atoms with Crippen molar-refractivity contribution in [2.45, 2.75) is 38.2 Å².